The molecule has 0 N–H and O–H groups in total. The van der Waals surface area contributed by atoms with Gasteiger partial charge in [0.2, 0.25) is 0 Å². The third-order valence-electron chi connectivity index (χ3n) is 2.97. The number of alkyl halides is 1. The Morgan fingerprint density at radius 3 is 2.38 bits per heavy atom. The fourth-order valence-electron chi connectivity index (χ4n) is 1.86. The molecule has 6 heteroatoms. The van der Waals surface area contributed by atoms with Crippen molar-refractivity contribution in [1.29, 1.82) is 0 Å². The van der Waals surface area contributed by atoms with Gasteiger partial charge in [-0.2, -0.15) is 17.0 Å². The summed E-state index contributed by atoms with van der Waals surface area (Å²) in [6.07, 6.45) is 1.94. The van der Waals surface area contributed by atoms with Crippen molar-refractivity contribution in [2.24, 2.45) is 5.92 Å². The third-order valence-corrected chi connectivity index (χ3v) is 5.22. The zero-order chi connectivity index (χ0) is 12.3. The van der Waals surface area contributed by atoms with Crippen LogP contribution in [-0.2, 0) is 10.2 Å². The van der Waals surface area contributed by atoms with Crippen LogP contribution in [0.25, 0.3) is 0 Å². The Kier molecular flexibility index (Phi) is 5.22. The minimum atomic E-state index is -3.24. The molecule has 1 aliphatic rings. The first kappa shape index (κ1) is 14.4. The van der Waals surface area contributed by atoms with E-state index >= 15 is 0 Å². The van der Waals surface area contributed by atoms with Crippen LogP contribution in [0.5, 0.6) is 0 Å². The van der Waals surface area contributed by atoms with Crippen LogP contribution in [-0.4, -0.2) is 48.5 Å². The summed E-state index contributed by atoms with van der Waals surface area (Å²) >= 11 is 3.38. The highest BCUT2D eigenvalue weighted by atomic mass is 79.9. The molecule has 0 radical (unpaired) electrons. The summed E-state index contributed by atoms with van der Waals surface area (Å²) in [6, 6.07) is 0. The van der Waals surface area contributed by atoms with E-state index in [-0.39, 0.29) is 4.83 Å². The summed E-state index contributed by atoms with van der Waals surface area (Å²) in [5, 5.41) is 0. The summed E-state index contributed by atoms with van der Waals surface area (Å²) in [6.45, 7) is 5.95. The van der Waals surface area contributed by atoms with Gasteiger partial charge in [-0.3, -0.25) is 0 Å². The smallest absolute Gasteiger partial charge is 0.195 e. The molecule has 0 amide bonds. The highest BCUT2D eigenvalue weighted by molar-refractivity contribution is 9.09. The highest BCUT2D eigenvalue weighted by Gasteiger charge is 2.30. The molecule has 0 aromatic heterocycles. The lowest BCUT2D eigenvalue weighted by Crippen LogP contribution is -2.46. The van der Waals surface area contributed by atoms with Crippen molar-refractivity contribution in [1.82, 2.24) is 8.61 Å². The maximum absolute atomic E-state index is 12.2. The second kappa shape index (κ2) is 5.80. The number of piperidine rings is 1. The van der Waals surface area contributed by atoms with Crippen LogP contribution in [0, 0.1) is 5.92 Å². The second-order valence-electron chi connectivity index (χ2n) is 4.65. The van der Waals surface area contributed by atoms with Crippen molar-refractivity contribution in [3.05, 3.63) is 0 Å². The van der Waals surface area contributed by atoms with E-state index in [2.05, 4.69) is 22.9 Å². The Labute approximate surface area is 107 Å². The fourth-order valence-corrected chi connectivity index (χ4v) is 3.97. The quantitative estimate of drug-likeness (QED) is 0.741. The van der Waals surface area contributed by atoms with E-state index in [1.807, 2.05) is 6.92 Å². The molecule has 0 aliphatic carbocycles. The third kappa shape index (κ3) is 3.68. The number of nitrogens with zero attached hydrogens (tertiary/aromatic N) is 2. The molecule has 0 saturated carbocycles. The van der Waals surface area contributed by atoms with Crippen molar-refractivity contribution in [2.45, 2.75) is 31.5 Å². The maximum Gasteiger partial charge on any atom is 0.281 e. The molecule has 1 saturated heterocycles. The zero-order valence-electron chi connectivity index (χ0n) is 10.2. The van der Waals surface area contributed by atoms with E-state index in [9.17, 15) is 8.42 Å². The molecule has 96 valence electrons. The minimum absolute atomic E-state index is 0.177. The summed E-state index contributed by atoms with van der Waals surface area (Å²) < 4.78 is 27.4. The van der Waals surface area contributed by atoms with Gasteiger partial charge in [0.15, 0.2) is 0 Å². The molecule has 0 aromatic rings. The number of rotatable bonds is 4. The van der Waals surface area contributed by atoms with Gasteiger partial charge in [-0.15, -0.1) is 0 Å². The summed E-state index contributed by atoms with van der Waals surface area (Å²) in [5.41, 5.74) is 0. The minimum Gasteiger partial charge on any atom is -0.195 e. The molecule has 1 fully saturated rings. The highest BCUT2D eigenvalue weighted by Crippen LogP contribution is 2.20. The van der Waals surface area contributed by atoms with Crippen molar-refractivity contribution in [3.8, 4) is 0 Å². The standard InChI is InChI=1S/C10H21BrN2O2S/c1-9-4-6-13(7-5-9)16(14,15)12(3)8-10(2)11/h9-10H,4-8H2,1-3H3. The van der Waals surface area contributed by atoms with Gasteiger partial charge in [-0.25, -0.2) is 0 Å². The van der Waals surface area contributed by atoms with Crippen LogP contribution in [0.2, 0.25) is 0 Å². The molecule has 1 aliphatic heterocycles. The summed E-state index contributed by atoms with van der Waals surface area (Å²) in [5.74, 6) is 0.645. The Bertz CT molecular complexity index is 311. The lowest BCUT2D eigenvalue weighted by molar-refractivity contribution is 0.271. The van der Waals surface area contributed by atoms with E-state index < -0.39 is 10.2 Å². The summed E-state index contributed by atoms with van der Waals surface area (Å²) in [4.78, 5) is 0.177. The first-order valence-corrected chi connectivity index (χ1v) is 8.00. The molecule has 0 aromatic carbocycles. The molecule has 16 heavy (non-hydrogen) atoms. The van der Waals surface area contributed by atoms with Crippen LogP contribution < -0.4 is 0 Å². The SMILES string of the molecule is CC(Br)CN(C)S(=O)(=O)N1CCC(C)CC1. The van der Waals surface area contributed by atoms with E-state index in [1.54, 1.807) is 11.4 Å². The first-order chi connectivity index (χ1) is 7.34. The molecule has 4 nitrogen and oxygen atoms in total. The van der Waals surface area contributed by atoms with Crippen LogP contribution in [0.3, 0.4) is 0 Å². The molecular weight excluding hydrogens is 292 g/mol. The molecule has 1 unspecified atom stereocenters. The van der Waals surface area contributed by atoms with Crippen LogP contribution >= 0.6 is 15.9 Å². The largest absolute Gasteiger partial charge is 0.281 e. The van der Waals surface area contributed by atoms with E-state index in [0.717, 1.165) is 12.8 Å². The Morgan fingerprint density at radius 1 is 1.44 bits per heavy atom. The predicted octanol–water partition coefficient (Wildman–Crippen LogP) is 1.68. The van der Waals surface area contributed by atoms with Gasteiger partial charge in [0.1, 0.15) is 0 Å². The van der Waals surface area contributed by atoms with Crippen LogP contribution in [0.1, 0.15) is 26.7 Å². The van der Waals surface area contributed by atoms with E-state index in [4.69, 9.17) is 0 Å². The average molecular weight is 313 g/mol. The van der Waals surface area contributed by atoms with Gasteiger partial charge < -0.3 is 0 Å². The molecule has 0 spiro atoms. The normalized spacial score (nSPS) is 22.6. The Morgan fingerprint density at radius 2 is 1.94 bits per heavy atom. The lowest BCUT2D eigenvalue weighted by Gasteiger charge is -2.32. The predicted molar refractivity (Wildman–Crippen MR) is 69.9 cm³/mol. The van der Waals surface area contributed by atoms with Crippen LogP contribution in [0.15, 0.2) is 0 Å². The molecule has 1 rings (SSSR count). The topological polar surface area (TPSA) is 40.6 Å². The number of halogens is 1. The van der Waals surface area contributed by atoms with Crippen LogP contribution in [0.4, 0.5) is 0 Å². The van der Waals surface area contributed by atoms with E-state index in [1.165, 1.54) is 4.31 Å². The molecule has 1 heterocycles. The van der Waals surface area contributed by atoms with Gasteiger partial charge in [0, 0.05) is 31.5 Å². The number of hydrogen-bond donors (Lipinski definition) is 0. The zero-order valence-corrected chi connectivity index (χ0v) is 12.6. The fraction of sp³-hybridized carbons (Fsp3) is 1.00. The Hall–Kier alpha value is 0.350. The van der Waals surface area contributed by atoms with E-state index in [0.29, 0.717) is 25.6 Å². The van der Waals surface area contributed by atoms with Crippen molar-refractivity contribution >= 4 is 26.1 Å². The molecule has 1 atom stereocenters. The van der Waals surface area contributed by atoms with Crippen molar-refractivity contribution < 1.29 is 8.42 Å². The van der Waals surface area contributed by atoms with Gasteiger partial charge in [-0.05, 0) is 18.8 Å². The van der Waals surface area contributed by atoms with Crippen molar-refractivity contribution in [2.75, 3.05) is 26.7 Å². The average Bonchev–Trinajstić information content (AvgIpc) is 2.17. The van der Waals surface area contributed by atoms with Crippen molar-refractivity contribution in [3.63, 3.8) is 0 Å². The molecular formula is C10H21BrN2O2S. The van der Waals surface area contributed by atoms with Gasteiger partial charge in [-0.1, -0.05) is 29.8 Å². The lowest BCUT2D eigenvalue weighted by atomic mass is 10.0. The first-order valence-electron chi connectivity index (χ1n) is 5.69. The monoisotopic (exact) mass is 312 g/mol. The van der Waals surface area contributed by atoms with Gasteiger partial charge >= 0.3 is 0 Å². The van der Waals surface area contributed by atoms with Gasteiger partial charge in [0.05, 0.1) is 0 Å². The second-order valence-corrected chi connectivity index (χ2v) is 8.25. The molecule has 0 bridgehead atoms. The van der Waals surface area contributed by atoms with Gasteiger partial charge in [0.25, 0.3) is 10.2 Å². The number of hydrogen-bond acceptors (Lipinski definition) is 2. The summed E-state index contributed by atoms with van der Waals surface area (Å²) in [7, 11) is -1.60. The Balaban J connectivity index is 2.63. The maximum atomic E-state index is 12.2.